The fourth-order valence-electron chi connectivity index (χ4n) is 0.434. The first-order valence-electron chi connectivity index (χ1n) is 3.54. The molecule has 0 aliphatic heterocycles. The molecule has 0 radical (unpaired) electrons. The molecule has 0 heterocycles. The van der Waals surface area contributed by atoms with Crippen LogP contribution in [0.2, 0.25) is 0 Å². The Morgan fingerprint density at radius 2 is 1.80 bits per heavy atom. The lowest BCUT2D eigenvalue weighted by molar-refractivity contribution is 0.250. The van der Waals surface area contributed by atoms with Gasteiger partial charge in [0.2, 0.25) is 0 Å². The number of aliphatic hydroxyl groups excluding tert-OH is 2. The molecule has 0 saturated heterocycles. The summed E-state index contributed by atoms with van der Waals surface area (Å²) < 4.78 is 0. The Balaban J connectivity index is 3.17. The van der Waals surface area contributed by atoms with Crippen LogP contribution in [0.15, 0.2) is 0 Å². The van der Waals surface area contributed by atoms with Gasteiger partial charge >= 0.3 is 0 Å². The van der Waals surface area contributed by atoms with Crippen molar-refractivity contribution in [2.24, 2.45) is 5.92 Å². The Bertz CT molecular complexity index is 68.0. The average molecular weight is 164 g/mol. The molecule has 2 nitrogen and oxygen atoms in total. The molecule has 0 rings (SSSR count). The van der Waals surface area contributed by atoms with Crippen LogP contribution in [0, 0.1) is 5.92 Å². The summed E-state index contributed by atoms with van der Waals surface area (Å²) in [5.74, 6) is 1.28. The van der Waals surface area contributed by atoms with E-state index in [0.29, 0.717) is 11.2 Å². The lowest BCUT2D eigenvalue weighted by Gasteiger charge is -2.10. The molecule has 0 fully saturated rings. The Labute approximate surface area is 66.6 Å². The van der Waals surface area contributed by atoms with Gasteiger partial charge in [0.05, 0.1) is 6.61 Å². The number of hydrogen-bond acceptors (Lipinski definition) is 3. The second-order valence-corrected chi connectivity index (χ2v) is 4.09. The van der Waals surface area contributed by atoms with Crippen LogP contribution in [-0.4, -0.2) is 34.4 Å². The fourth-order valence-corrected chi connectivity index (χ4v) is 1.30. The van der Waals surface area contributed by atoms with Gasteiger partial charge in [-0.05, 0) is 11.7 Å². The summed E-state index contributed by atoms with van der Waals surface area (Å²) in [6, 6.07) is 0. The summed E-state index contributed by atoms with van der Waals surface area (Å²) in [4.78, 5) is 0. The summed E-state index contributed by atoms with van der Waals surface area (Å²) in [5, 5.41) is 17.6. The molecular weight excluding hydrogens is 148 g/mol. The van der Waals surface area contributed by atoms with Gasteiger partial charge in [-0.2, -0.15) is 11.8 Å². The van der Waals surface area contributed by atoms with Gasteiger partial charge in [0.15, 0.2) is 0 Å². The first-order chi connectivity index (χ1) is 4.70. The first kappa shape index (κ1) is 10.3. The molecule has 0 aromatic heterocycles. The van der Waals surface area contributed by atoms with Gasteiger partial charge in [-0.15, -0.1) is 0 Å². The lowest BCUT2D eigenvalue weighted by atomic mass is 10.2. The van der Waals surface area contributed by atoms with Crippen molar-refractivity contribution in [3.8, 4) is 0 Å². The highest BCUT2D eigenvalue weighted by molar-refractivity contribution is 7.99. The van der Waals surface area contributed by atoms with Gasteiger partial charge in [0.1, 0.15) is 0 Å². The Kier molecular flexibility index (Phi) is 6.17. The van der Waals surface area contributed by atoms with Crippen molar-refractivity contribution in [1.82, 2.24) is 0 Å². The molecule has 0 saturated carbocycles. The highest BCUT2D eigenvalue weighted by Crippen LogP contribution is 2.13. The van der Waals surface area contributed by atoms with Gasteiger partial charge in [-0.3, -0.25) is 0 Å². The predicted octanol–water partition coefficient (Wildman–Crippen LogP) is 0.729. The topological polar surface area (TPSA) is 40.5 Å². The van der Waals surface area contributed by atoms with Crippen LogP contribution in [0.4, 0.5) is 0 Å². The SMILES string of the molecule is CC(CO)CSC(C)CO. The maximum absolute atomic E-state index is 8.64. The summed E-state index contributed by atoms with van der Waals surface area (Å²) in [6.45, 7) is 4.44. The number of aliphatic hydroxyl groups is 2. The molecule has 62 valence electrons. The van der Waals surface area contributed by atoms with Crippen molar-refractivity contribution >= 4 is 11.8 Å². The third-order valence-electron chi connectivity index (χ3n) is 1.23. The smallest absolute Gasteiger partial charge is 0.0547 e. The molecule has 0 aliphatic rings. The van der Waals surface area contributed by atoms with Crippen LogP contribution < -0.4 is 0 Å². The Hall–Kier alpha value is 0.270. The third-order valence-corrected chi connectivity index (χ3v) is 2.71. The molecule has 0 aromatic carbocycles. The molecule has 2 atom stereocenters. The van der Waals surface area contributed by atoms with Crippen molar-refractivity contribution in [3.63, 3.8) is 0 Å². The fraction of sp³-hybridized carbons (Fsp3) is 1.00. The van der Waals surface area contributed by atoms with Crippen LogP contribution in [0.25, 0.3) is 0 Å². The molecule has 0 amide bonds. The number of rotatable bonds is 5. The first-order valence-corrected chi connectivity index (χ1v) is 4.59. The monoisotopic (exact) mass is 164 g/mol. The van der Waals surface area contributed by atoms with E-state index >= 15 is 0 Å². The Morgan fingerprint density at radius 1 is 1.20 bits per heavy atom. The summed E-state index contributed by atoms with van der Waals surface area (Å²) in [7, 11) is 0. The van der Waals surface area contributed by atoms with Gasteiger partial charge in [0.25, 0.3) is 0 Å². The third kappa shape index (κ3) is 5.09. The average Bonchev–Trinajstić information content (AvgIpc) is 1.99. The molecule has 2 unspecified atom stereocenters. The highest BCUT2D eigenvalue weighted by Gasteiger charge is 2.03. The van der Waals surface area contributed by atoms with Crippen LogP contribution in [-0.2, 0) is 0 Å². The second kappa shape index (κ2) is 6.01. The molecule has 2 N–H and O–H groups in total. The zero-order valence-corrected chi connectivity index (χ0v) is 7.40. The van der Waals surface area contributed by atoms with Crippen LogP contribution in [0.5, 0.6) is 0 Å². The highest BCUT2D eigenvalue weighted by atomic mass is 32.2. The zero-order chi connectivity index (χ0) is 7.98. The maximum Gasteiger partial charge on any atom is 0.0547 e. The van der Waals surface area contributed by atoms with Gasteiger partial charge in [-0.1, -0.05) is 13.8 Å². The molecular formula is C7H16O2S. The molecule has 3 heteroatoms. The van der Waals surface area contributed by atoms with E-state index < -0.39 is 0 Å². The second-order valence-electron chi connectivity index (χ2n) is 2.61. The quantitative estimate of drug-likeness (QED) is 0.629. The molecule has 0 aromatic rings. The minimum absolute atomic E-state index is 0.225. The molecule has 0 spiro atoms. The minimum atomic E-state index is 0.225. The van der Waals surface area contributed by atoms with Gasteiger partial charge in [-0.25, -0.2) is 0 Å². The standard InChI is InChI=1S/C7H16O2S/c1-6(3-8)5-10-7(2)4-9/h6-9H,3-5H2,1-2H3. The zero-order valence-electron chi connectivity index (χ0n) is 6.58. The van der Waals surface area contributed by atoms with Crippen molar-refractivity contribution in [1.29, 1.82) is 0 Å². The van der Waals surface area contributed by atoms with E-state index in [1.807, 2.05) is 13.8 Å². The van der Waals surface area contributed by atoms with Gasteiger partial charge < -0.3 is 10.2 Å². The number of thioether (sulfide) groups is 1. The predicted molar refractivity (Wildman–Crippen MR) is 45.3 cm³/mol. The van der Waals surface area contributed by atoms with E-state index in [9.17, 15) is 0 Å². The van der Waals surface area contributed by atoms with Crippen molar-refractivity contribution in [2.45, 2.75) is 19.1 Å². The van der Waals surface area contributed by atoms with Crippen molar-refractivity contribution in [2.75, 3.05) is 19.0 Å². The van der Waals surface area contributed by atoms with E-state index in [1.54, 1.807) is 11.8 Å². The maximum atomic E-state index is 8.64. The van der Waals surface area contributed by atoms with Gasteiger partial charge in [0, 0.05) is 11.9 Å². The Morgan fingerprint density at radius 3 is 2.20 bits per heavy atom. The largest absolute Gasteiger partial charge is 0.396 e. The summed E-state index contributed by atoms with van der Waals surface area (Å²) >= 11 is 1.70. The van der Waals surface area contributed by atoms with Crippen LogP contribution >= 0.6 is 11.8 Å². The van der Waals surface area contributed by atoms with E-state index in [2.05, 4.69) is 0 Å². The molecule has 0 bridgehead atoms. The van der Waals surface area contributed by atoms with Crippen molar-refractivity contribution in [3.05, 3.63) is 0 Å². The van der Waals surface area contributed by atoms with Crippen LogP contribution in [0.1, 0.15) is 13.8 Å². The van der Waals surface area contributed by atoms with E-state index in [4.69, 9.17) is 10.2 Å². The normalized spacial score (nSPS) is 16.8. The summed E-state index contributed by atoms with van der Waals surface area (Å²) in [6.07, 6.45) is 0. The van der Waals surface area contributed by atoms with Crippen molar-refractivity contribution < 1.29 is 10.2 Å². The lowest BCUT2D eigenvalue weighted by Crippen LogP contribution is -2.09. The van der Waals surface area contributed by atoms with E-state index in [1.165, 1.54) is 0 Å². The van der Waals surface area contributed by atoms with Crippen LogP contribution in [0.3, 0.4) is 0 Å². The minimum Gasteiger partial charge on any atom is -0.396 e. The summed E-state index contributed by atoms with van der Waals surface area (Å²) in [5.41, 5.74) is 0. The molecule has 0 aliphatic carbocycles. The number of hydrogen-bond donors (Lipinski definition) is 2. The van der Waals surface area contributed by atoms with E-state index in [-0.39, 0.29) is 13.2 Å². The molecule has 10 heavy (non-hydrogen) atoms. The van der Waals surface area contributed by atoms with E-state index in [0.717, 1.165) is 5.75 Å².